The summed E-state index contributed by atoms with van der Waals surface area (Å²) in [6.07, 6.45) is 10.1. The van der Waals surface area contributed by atoms with Gasteiger partial charge in [0.15, 0.2) is 0 Å². The van der Waals surface area contributed by atoms with Crippen molar-refractivity contribution in [1.82, 2.24) is 9.97 Å². The number of aliphatic imine (C=N–C) groups is 1. The van der Waals surface area contributed by atoms with Gasteiger partial charge in [0, 0.05) is 23.2 Å². The van der Waals surface area contributed by atoms with E-state index in [0.29, 0.717) is 5.92 Å². The number of nitrogens with zero attached hydrogens (tertiary/aromatic N) is 3. The van der Waals surface area contributed by atoms with Crippen molar-refractivity contribution in [2.24, 2.45) is 4.99 Å². The Balaban J connectivity index is 1.71. The molecule has 1 aromatic carbocycles. The number of aromatic nitrogens is 2. The summed E-state index contributed by atoms with van der Waals surface area (Å²) in [6, 6.07) is 16.4. The largest absolute Gasteiger partial charge is 0.255 e. The van der Waals surface area contributed by atoms with E-state index in [0.717, 1.165) is 22.3 Å². The lowest BCUT2D eigenvalue weighted by Gasteiger charge is -2.21. The molecule has 0 spiro atoms. The van der Waals surface area contributed by atoms with Crippen molar-refractivity contribution in [3.05, 3.63) is 66.1 Å². The van der Waals surface area contributed by atoms with Crippen LogP contribution in [-0.4, -0.2) is 16.2 Å². The van der Waals surface area contributed by atoms with Gasteiger partial charge in [-0.2, -0.15) is 0 Å². The minimum Gasteiger partial charge on any atom is -0.255 e. The fourth-order valence-electron chi connectivity index (χ4n) is 3.46. The van der Waals surface area contributed by atoms with Crippen LogP contribution in [0, 0.1) is 0 Å². The Morgan fingerprint density at radius 1 is 0.917 bits per heavy atom. The van der Waals surface area contributed by atoms with E-state index in [1.165, 1.54) is 37.8 Å². The van der Waals surface area contributed by atoms with Crippen LogP contribution in [0.3, 0.4) is 0 Å². The van der Waals surface area contributed by atoms with Crippen LogP contribution in [0.15, 0.2) is 59.7 Å². The zero-order valence-electron chi connectivity index (χ0n) is 13.7. The Morgan fingerprint density at radius 3 is 2.67 bits per heavy atom. The summed E-state index contributed by atoms with van der Waals surface area (Å²) in [5.41, 5.74) is 3.99. The maximum absolute atomic E-state index is 4.98. The second-order valence-corrected chi connectivity index (χ2v) is 6.43. The van der Waals surface area contributed by atoms with E-state index >= 15 is 0 Å². The van der Waals surface area contributed by atoms with Gasteiger partial charge in [-0.3, -0.25) is 15.0 Å². The molecule has 0 N–H and O–H groups in total. The number of fused-ring (bicyclic) bond motifs is 1. The van der Waals surface area contributed by atoms with E-state index < -0.39 is 0 Å². The first-order chi connectivity index (χ1) is 11.9. The SMILES string of the molecule is C(=Nc1cccc2ccc(C3CCCCC3)nc12)c1ccccn1. The molecule has 1 aliphatic carbocycles. The summed E-state index contributed by atoms with van der Waals surface area (Å²) in [6.45, 7) is 0. The second-order valence-electron chi connectivity index (χ2n) is 6.43. The number of benzene rings is 1. The number of hydrogen-bond donors (Lipinski definition) is 0. The van der Waals surface area contributed by atoms with Crippen LogP contribution in [0.4, 0.5) is 5.69 Å². The third-order valence-electron chi connectivity index (χ3n) is 4.77. The topological polar surface area (TPSA) is 38.1 Å². The normalized spacial score (nSPS) is 16.0. The van der Waals surface area contributed by atoms with Crippen molar-refractivity contribution >= 4 is 22.8 Å². The van der Waals surface area contributed by atoms with Gasteiger partial charge in [0.05, 0.1) is 23.1 Å². The van der Waals surface area contributed by atoms with Crippen LogP contribution < -0.4 is 0 Å². The van der Waals surface area contributed by atoms with Crippen LogP contribution in [0.1, 0.15) is 49.4 Å². The quantitative estimate of drug-likeness (QED) is 0.605. The van der Waals surface area contributed by atoms with E-state index in [9.17, 15) is 0 Å². The molecule has 0 bridgehead atoms. The molecule has 0 unspecified atom stereocenters. The van der Waals surface area contributed by atoms with Crippen LogP contribution in [0.5, 0.6) is 0 Å². The third kappa shape index (κ3) is 3.21. The second kappa shape index (κ2) is 6.91. The summed E-state index contributed by atoms with van der Waals surface area (Å²) in [4.78, 5) is 13.9. The zero-order chi connectivity index (χ0) is 16.2. The number of hydrogen-bond acceptors (Lipinski definition) is 3. The molecule has 24 heavy (non-hydrogen) atoms. The standard InChI is InChI=1S/C21H21N3/c1-2-7-16(8-3-1)19-13-12-17-9-6-11-20(21(17)24-19)23-15-18-10-4-5-14-22-18/h4-6,9-16H,1-3,7-8H2. The van der Waals surface area contributed by atoms with Gasteiger partial charge in [0.25, 0.3) is 0 Å². The first kappa shape index (κ1) is 15.0. The Morgan fingerprint density at radius 2 is 1.83 bits per heavy atom. The fourth-order valence-corrected chi connectivity index (χ4v) is 3.46. The van der Waals surface area contributed by atoms with Gasteiger partial charge < -0.3 is 0 Å². The number of para-hydroxylation sites is 1. The Hall–Kier alpha value is -2.55. The van der Waals surface area contributed by atoms with Crippen molar-refractivity contribution in [2.45, 2.75) is 38.0 Å². The van der Waals surface area contributed by atoms with Gasteiger partial charge in [-0.05, 0) is 37.1 Å². The van der Waals surface area contributed by atoms with E-state index in [4.69, 9.17) is 4.98 Å². The predicted octanol–water partition coefficient (Wildman–Crippen LogP) is 5.43. The zero-order valence-corrected chi connectivity index (χ0v) is 13.7. The van der Waals surface area contributed by atoms with E-state index in [2.05, 4.69) is 28.2 Å². The van der Waals surface area contributed by atoms with Gasteiger partial charge in [0.2, 0.25) is 0 Å². The Bertz CT molecular complexity index is 849. The van der Waals surface area contributed by atoms with Crippen molar-refractivity contribution in [1.29, 1.82) is 0 Å². The first-order valence-corrected chi connectivity index (χ1v) is 8.75. The molecule has 1 fully saturated rings. The smallest absolute Gasteiger partial charge is 0.0961 e. The molecule has 0 amide bonds. The lowest BCUT2D eigenvalue weighted by Crippen LogP contribution is -2.06. The third-order valence-corrected chi connectivity index (χ3v) is 4.77. The minimum atomic E-state index is 0.607. The molecule has 120 valence electrons. The van der Waals surface area contributed by atoms with E-state index in [1.807, 2.05) is 36.5 Å². The summed E-state index contributed by atoms with van der Waals surface area (Å²) in [5.74, 6) is 0.607. The number of pyridine rings is 2. The molecule has 2 heterocycles. The van der Waals surface area contributed by atoms with Crippen molar-refractivity contribution in [3.8, 4) is 0 Å². The van der Waals surface area contributed by atoms with Gasteiger partial charge in [-0.25, -0.2) is 0 Å². The van der Waals surface area contributed by atoms with Gasteiger partial charge in [-0.15, -0.1) is 0 Å². The molecule has 4 rings (SSSR count). The lowest BCUT2D eigenvalue weighted by molar-refractivity contribution is 0.437. The van der Waals surface area contributed by atoms with Crippen LogP contribution in [0.25, 0.3) is 10.9 Å². The minimum absolute atomic E-state index is 0.607. The molecule has 0 atom stereocenters. The molecule has 1 saturated carbocycles. The summed E-state index contributed by atoms with van der Waals surface area (Å²) < 4.78 is 0. The van der Waals surface area contributed by atoms with Gasteiger partial charge in [0.1, 0.15) is 0 Å². The first-order valence-electron chi connectivity index (χ1n) is 8.75. The molecule has 3 heteroatoms. The maximum atomic E-state index is 4.98. The predicted molar refractivity (Wildman–Crippen MR) is 99.1 cm³/mol. The van der Waals surface area contributed by atoms with E-state index in [1.54, 1.807) is 6.20 Å². The van der Waals surface area contributed by atoms with Gasteiger partial charge >= 0.3 is 0 Å². The molecule has 2 aromatic heterocycles. The fraction of sp³-hybridized carbons (Fsp3) is 0.286. The summed E-state index contributed by atoms with van der Waals surface area (Å²) in [7, 11) is 0. The average Bonchev–Trinajstić information content (AvgIpc) is 2.67. The van der Waals surface area contributed by atoms with Crippen LogP contribution in [0.2, 0.25) is 0 Å². The highest BCUT2D eigenvalue weighted by molar-refractivity contribution is 5.92. The highest BCUT2D eigenvalue weighted by Gasteiger charge is 2.17. The molecule has 0 saturated heterocycles. The summed E-state index contributed by atoms with van der Waals surface area (Å²) >= 11 is 0. The van der Waals surface area contributed by atoms with Crippen LogP contribution >= 0.6 is 0 Å². The number of rotatable bonds is 3. The van der Waals surface area contributed by atoms with Crippen molar-refractivity contribution in [3.63, 3.8) is 0 Å². The Kier molecular flexibility index (Phi) is 4.32. The summed E-state index contributed by atoms with van der Waals surface area (Å²) in [5, 5.41) is 1.14. The maximum Gasteiger partial charge on any atom is 0.0961 e. The van der Waals surface area contributed by atoms with Crippen molar-refractivity contribution < 1.29 is 0 Å². The monoisotopic (exact) mass is 315 g/mol. The van der Waals surface area contributed by atoms with Crippen LogP contribution in [-0.2, 0) is 0 Å². The highest BCUT2D eigenvalue weighted by Crippen LogP contribution is 2.33. The van der Waals surface area contributed by atoms with Gasteiger partial charge in [-0.1, -0.05) is 43.5 Å². The molecule has 1 aliphatic rings. The average molecular weight is 315 g/mol. The van der Waals surface area contributed by atoms with E-state index in [-0.39, 0.29) is 0 Å². The lowest BCUT2D eigenvalue weighted by atomic mass is 9.86. The molecule has 3 nitrogen and oxygen atoms in total. The molecule has 0 radical (unpaired) electrons. The molecule has 3 aromatic rings. The highest BCUT2D eigenvalue weighted by atomic mass is 14.8. The van der Waals surface area contributed by atoms with Crippen molar-refractivity contribution in [2.75, 3.05) is 0 Å². The molecular formula is C21H21N3. The Labute approximate surface area is 142 Å². The molecular weight excluding hydrogens is 294 g/mol. The molecule has 0 aliphatic heterocycles.